The molecule has 6 heteroatoms. The van der Waals surface area contributed by atoms with Crippen molar-refractivity contribution in [2.45, 2.75) is 20.3 Å². The van der Waals surface area contributed by atoms with Gasteiger partial charge in [0.15, 0.2) is 0 Å². The van der Waals surface area contributed by atoms with E-state index in [1.165, 1.54) is 5.56 Å². The molecule has 0 unspecified atom stereocenters. The van der Waals surface area contributed by atoms with E-state index in [1.807, 2.05) is 70.5 Å². The second-order valence-electron chi connectivity index (χ2n) is 8.29. The second-order valence-corrected chi connectivity index (χ2v) is 8.29. The fourth-order valence-electron chi connectivity index (χ4n) is 3.99. The van der Waals surface area contributed by atoms with Gasteiger partial charge < -0.3 is 14.5 Å². The first kappa shape index (κ1) is 24.5. The first-order valence-electron chi connectivity index (χ1n) is 11.7. The van der Waals surface area contributed by atoms with Crippen LogP contribution in [-0.4, -0.2) is 79.4 Å². The molecule has 0 radical (unpaired) electrons. The van der Waals surface area contributed by atoms with Crippen LogP contribution in [0.25, 0.3) is 6.08 Å². The molecular formula is C27H35N3O3. The average Bonchev–Trinajstić information content (AvgIpc) is 2.86. The lowest BCUT2D eigenvalue weighted by molar-refractivity contribution is -0.128. The SMILES string of the molecule is CCc1ccc(C(=O)N2CCN(CCN(C/C=C/c3ccccc3OC)C(C)=O)CC2)cc1. The fraction of sp³-hybridized carbons (Fsp3) is 0.407. The highest BCUT2D eigenvalue weighted by Crippen LogP contribution is 2.18. The van der Waals surface area contributed by atoms with Crippen molar-refractivity contribution in [2.24, 2.45) is 0 Å². The van der Waals surface area contributed by atoms with Crippen LogP contribution in [0.5, 0.6) is 5.75 Å². The number of nitrogens with zero attached hydrogens (tertiary/aromatic N) is 3. The minimum Gasteiger partial charge on any atom is -0.496 e. The summed E-state index contributed by atoms with van der Waals surface area (Å²) >= 11 is 0. The molecule has 33 heavy (non-hydrogen) atoms. The number of amides is 2. The molecule has 1 fully saturated rings. The Morgan fingerprint density at radius 2 is 1.73 bits per heavy atom. The third kappa shape index (κ3) is 6.93. The Balaban J connectivity index is 1.46. The van der Waals surface area contributed by atoms with Crippen molar-refractivity contribution in [3.63, 3.8) is 0 Å². The third-order valence-corrected chi connectivity index (χ3v) is 6.16. The number of aryl methyl sites for hydroxylation is 1. The molecule has 0 saturated carbocycles. The Hall–Kier alpha value is -3.12. The lowest BCUT2D eigenvalue weighted by Crippen LogP contribution is -2.50. The van der Waals surface area contributed by atoms with Crippen molar-refractivity contribution in [1.82, 2.24) is 14.7 Å². The average molecular weight is 450 g/mol. The van der Waals surface area contributed by atoms with E-state index in [9.17, 15) is 9.59 Å². The molecule has 1 heterocycles. The summed E-state index contributed by atoms with van der Waals surface area (Å²) in [5, 5.41) is 0. The van der Waals surface area contributed by atoms with Crippen molar-refractivity contribution >= 4 is 17.9 Å². The maximum atomic E-state index is 12.8. The van der Waals surface area contributed by atoms with Gasteiger partial charge in [0.1, 0.15) is 5.75 Å². The first-order valence-corrected chi connectivity index (χ1v) is 11.7. The molecular weight excluding hydrogens is 414 g/mol. The van der Waals surface area contributed by atoms with Crippen molar-refractivity contribution in [3.05, 3.63) is 71.3 Å². The molecule has 1 aliphatic heterocycles. The van der Waals surface area contributed by atoms with Gasteiger partial charge >= 0.3 is 0 Å². The summed E-state index contributed by atoms with van der Waals surface area (Å²) in [4.78, 5) is 31.0. The van der Waals surface area contributed by atoms with Gasteiger partial charge in [0.2, 0.25) is 5.91 Å². The van der Waals surface area contributed by atoms with Crippen LogP contribution in [0.2, 0.25) is 0 Å². The largest absolute Gasteiger partial charge is 0.496 e. The number of ether oxygens (including phenoxy) is 1. The van der Waals surface area contributed by atoms with E-state index in [0.29, 0.717) is 26.2 Å². The maximum Gasteiger partial charge on any atom is 0.253 e. The standard InChI is InChI=1S/C27H35N3O3/c1-4-23-11-13-25(14-12-23)27(32)30-20-17-28(18-21-30)16-19-29(22(2)31)15-7-9-24-8-5-6-10-26(24)33-3/h5-14H,4,15-21H2,1-3H3/b9-7+. The summed E-state index contributed by atoms with van der Waals surface area (Å²) in [7, 11) is 1.66. The topological polar surface area (TPSA) is 53.1 Å². The molecule has 1 aliphatic rings. The zero-order valence-corrected chi connectivity index (χ0v) is 20.0. The van der Waals surface area contributed by atoms with Gasteiger partial charge in [-0.2, -0.15) is 0 Å². The van der Waals surface area contributed by atoms with E-state index in [2.05, 4.69) is 11.8 Å². The summed E-state index contributed by atoms with van der Waals surface area (Å²) in [6.07, 6.45) is 4.96. The lowest BCUT2D eigenvalue weighted by Gasteiger charge is -2.35. The molecule has 0 aromatic heterocycles. The number of para-hydroxylation sites is 1. The van der Waals surface area contributed by atoms with Crippen molar-refractivity contribution in [1.29, 1.82) is 0 Å². The lowest BCUT2D eigenvalue weighted by atomic mass is 10.1. The van der Waals surface area contributed by atoms with Gasteiger partial charge in [-0.15, -0.1) is 0 Å². The Labute approximate surface area is 197 Å². The van der Waals surface area contributed by atoms with E-state index >= 15 is 0 Å². The highest BCUT2D eigenvalue weighted by atomic mass is 16.5. The number of methoxy groups -OCH3 is 1. The van der Waals surface area contributed by atoms with Crippen molar-refractivity contribution in [3.8, 4) is 5.75 Å². The summed E-state index contributed by atoms with van der Waals surface area (Å²) in [5.41, 5.74) is 2.99. The van der Waals surface area contributed by atoms with E-state index in [0.717, 1.165) is 42.9 Å². The molecule has 176 valence electrons. The maximum absolute atomic E-state index is 12.8. The highest BCUT2D eigenvalue weighted by Gasteiger charge is 2.22. The Kier molecular flexibility index (Phi) is 9.07. The molecule has 0 atom stereocenters. The quantitative estimate of drug-likeness (QED) is 0.587. The Bertz CT molecular complexity index is 947. The first-order chi connectivity index (χ1) is 16.0. The Morgan fingerprint density at radius 1 is 1.03 bits per heavy atom. The molecule has 1 saturated heterocycles. The van der Waals surface area contributed by atoms with E-state index in [4.69, 9.17) is 4.74 Å². The van der Waals surface area contributed by atoms with E-state index in [-0.39, 0.29) is 11.8 Å². The number of benzene rings is 2. The monoisotopic (exact) mass is 449 g/mol. The van der Waals surface area contributed by atoms with Gasteiger partial charge in [0.05, 0.1) is 7.11 Å². The smallest absolute Gasteiger partial charge is 0.253 e. The zero-order valence-electron chi connectivity index (χ0n) is 20.0. The highest BCUT2D eigenvalue weighted by molar-refractivity contribution is 5.94. The molecule has 2 amide bonds. The van der Waals surface area contributed by atoms with Crippen LogP contribution in [0.4, 0.5) is 0 Å². The number of carbonyl (C=O) groups excluding carboxylic acids is 2. The Morgan fingerprint density at radius 3 is 2.36 bits per heavy atom. The van der Waals surface area contributed by atoms with Gasteiger partial charge in [0, 0.05) is 63.9 Å². The van der Waals surface area contributed by atoms with Gasteiger partial charge in [-0.05, 0) is 30.2 Å². The van der Waals surface area contributed by atoms with Gasteiger partial charge in [-0.25, -0.2) is 0 Å². The molecule has 6 nitrogen and oxygen atoms in total. The van der Waals surface area contributed by atoms with Crippen LogP contribution < -0.4 is 4.74 Å². The van der Waals surface area contributed by atoms with Crippen LogP contribution in [-0.2, 0) is 11.2 Å². The number of hydrogen-bond acceptors (Lipinski definition) is 4. The molecule has 2 aromatic rings. The summed E-state index contributed by atoms with van der Waals surface area (Å²) < 4.78 is 5.37. The number of piperazine rings is 1. The van der Waals surface area contributed by atoms with Crippen molar-refractivity contribution < 1.29 is 14.3 Å². The molecule has 0 N–H and O–H groups in total. The summed E-state index contributed by atoms with van der Waals surface area (Å²) in [5.74, 6) is 0.977. The second kappa shape index (κ2) is 12.2. The van der Waals surface area contributed by atoms with Crippen LogP contribution in [0, 0.1) is 0 Å². The molecule has 2 aromatic carbocycles. The molecule has 3 rings (SSSR count). The van der Waals surface area contributed by atoms with E-state index in [1.54, 1.807) is 14.0 Å². The van der Waals surface area contributed by atoms with E-state index < -0.39 is 0 Å². The van der Waals surface area contributed by atoms with Crippen LogP contribution in [0.15, 0.2) is 54.6 Å². The molecule has 0 aliphatic carbocycles. The predicted molar refractivity (Wildman–Crippen MR) is 132 cm³/mol. The summed E-state index contributed by atoms with van der Waals surface area (Å²) in [6, 6.07) is 15.7. The predicted octanol–water partition coefficient (Wildman–Crippen LogP) is 3.58. The summed E-state index contributed by atoms with van der Waals surface area (Å²) in [6.45, 7) is 8.80. The molecule has 0 bridgehead atoms. The van der Waals surface area contributed by atoms with Crippen LogP contribution in [0.1, 0.15) is 35.3 Å². The van der Waals surface area contributed by atoms with Crippen LogP contribution >= 0.6 is 0 Å². The van der Waals surface area contributed by atoms with Gasteiger partial charge in [-0.3, -0.25) is 14.5 Å². The minimum atomic E-state index is 0.0593. The number of rotatable bonds is 9. The number of carbonyl (C=O) groups is 2. The normalized spacial score (nSPS) is 14.5. The molecule has 0 spiro atoms. The zero-order chi connectivity index (χ0) is 23.6. The van der Waals surface area contributed by atoms with Gasteiger partial charge in [-0.1, -0.05) is 49.4 Å². The minimum absolute atomic E-state index is 0.0593. The van der Waals surface area contributed by atoms with Crippen LogP contribution in [0.3, 0.4) is 0 Å². The number of hydrogen-bond donors (Lipinski definition) is 0. The van der Waals surface area contributed by atoms with Gasteiger partial charge in [0.25, 0.3) is 5.91 Å². The third-order valence-electron chi connectivity index (χ3n) is 6.16. The van der Waals surface area contributed by atoms with Crippen molar-refractivity contribution in [2.75, 3.05) is 52.9 Å². The fourth-order valence-corrected chi connectivity index (χ4v) is 3.99.